The quantitative estimate of drug-likeness (QED) is 0.646. The molecule has 168 valence electrons. The molecular formula is C18H24ClF3N4O3S. The van der Waals surface area contributed by atoms with Crippen molar-refractivity contribution in [2.24, 2.45) is 5.92 Å². The molecule has 1 fully saturated rings. The van der Waals surface area contributed by atoms with Gasteiger partial charge in [0.1, 0.15) is 0 Å². The minimum atomic E-state index is -4.63. The Bertz CT molecular complexity index is 953. The Balaban J connectivity index is 0.00000320. The summed E-state index contributed by atoms with van der Waals surface area (Å²) < 4.78 is 73.3. The standard InChI is InChI=1S/C18H23F3N4O3S.ClH/c1-2-11-29(26,27)25-16-17(24-14-6-4-3-5-13(14)23-16)28-15(18(19,20)21)12-7-9-22-10-8-12;/h3-6,12,15,22H,2,7-11H2,1H3,(H,23,25);1H. The molecule has 1 aromatic carbocycles. The van der Waals surface area contributed by atoms with E-state index >= 15 is 0 Å². The van der Waals surface area contributed by atoms with Crippen molar-refractivity contribution >= 4 is 39.3 Å². The zero-order valence-corrected chi connectivity index (χ0v) is 17.9. The number of sulfonamides is 1. The lowest BCUT2D eigenvalue weighted by Gasteiger charge is -2.32. The van der Waals surface area contributed by atoms with Gasteiger partial charge in [-0.1, -0.05) is 19.1 Å². The summed E-state index contributed by atoms with van der Waals surface area (Å²) in [5, 5.41) is 3.02. The molecule has 0 bridgehead atoms. The maximum atomic E-state index is 13.8. The number of benzene rings is 1. The Morgan fingerprint density at radius 1 is 1.20 bits per heavy atom. The normalized spacial score (nSPS) is 16.7. The van der Waals surface area contributed by atoms with E-state index in [9.17, 15) is 21.6 Å². The van der Waals surface area contributed by atoms with Crippen LogP contribution in [0.25, 0.3) is 11.0 Å². The molecule has 1 atom stereocenters. The Morgan fingerprint density at radius 3 is 2.37 bits per heavy atom. The third-order valence-electron chi connectivity index (χ3n) is 4.64. The summed E-state index contributed by atoms with van der Waals surface area (Å²) in [6.07, 6.45) is -5.80. The Labute approximate surface area is 179 Å². The number of hydrogen-bond donors (Lipinski definition) is 2. The van der Waals surface area contributed by atoms with Gasteiger partial charge in [0.25, 0.3) is 5.88 Å². The molecule has 2 aromatic rings. The summed E-state index contributed by atoms with van der Waals surface area (Å²) in [6.45, 7) is 2.60. The monoisotopic (exact) mass is 468 g/mol. The molecule has 3 rings (SSSR count). The number of ether oxygens (including phenoxy) is 1. The molecule has 30 heavy (non-hydrogen) atoms. The molecule has 1 saturated heterocycles. The fourth-order valence-electron chi connectivity index (χ4n) is 3.30. The van der Waals surface area contributed by atoms with Gasteiger partial charge in [-0.25, -0.2) is 18.4 Å². The molecule has 1 aliphatic heterocycles. The highest BCUT2D eigenvalue weighted by Gasteiger charge is 2.47. The van der Waals surface area contributed by atoms with E-state index in [0.717, 1.165) is 0 Å². The van der Waals surface area contributed by atoms with Crippen LogP contribution >= 0.6 is 12.4 Å². The molecule has 7 nitrogen and oxygen atoms in total. The lowest BCUT2D eigenvalue weighted by atomic mass is 9.91. The second-order valence-corrected chi connectivity index (χ2v) is 8.80. The molecule has 2 heterocycles. The van der Waals surface area contributed by atoms with Crippen molar-refractivity contribution < 1.29 is 26.3 Å². The SMILES string of the molecule is CCCS(=O)(=O)Nc1nc2ccccc2nc1OC(C1CCNCC1)C(F)(F)F.Cl. The molecule has 1 aromatic heterocycles. The molecule has 1 unspecified atom stereocenters. The second-order valence-electron chi connectivity index (χ2n) is 6.95. The maximum absolute atomic E-state index is 13.8. The molecule has 1 aliphatic rings. The molecule has 0 amide bonds. The molecule has 2 N–H and O–H groups in total. The van der Waals surface area contributed by atoms with Crippen LogP contribution in [0.3, 0.4) is 0 Å². The van der Waals surface area contributed by atoms with Crippen molar-refractivity contribution in [2.45, 2.75) is 38.5 Å². The van der Waals surface area contributed by atoms with Crippen molar-refractivity contribution in [2.75, 3.05) is 23.6 Å². The summed E-state index contributed by atoms with van der Waals surface area (Å²) in [5.41, 5.74) is 0.659. The van der Waals surface area contributed by atoms with Crippen LogP contribution in [0.2, 0.25) is 0 Å². The summed E-state index contributed by atoms with van der Waals surface area (Å²) in [5.74, 6) is -1.76. The molecule has 0 radical (unpaired) electrons. The van der Waals surface area contributed by atoms with E-state index in [2.05, 4.69) is 20.0 Å². The van der Waals surface area contributed by atoms with Crippen LogP contribution in [-0.4, -0.2) is 49.5 Å². The molecule has 0 aliphatic carbocycles. The van der Waals surface area contributed by atoms with E-state index < -0.39 is 34.1 Å². The first-order valence-corrected chi connectivity index (χ1v) is 11.1. The van der Waals surface area contributed by atoms with Crippen LogP contribution in [0.5, 0.6) is 5.88 Å². The number of aromatic nitrogens is 2. The van der Waals surface area contributed by atoms with Gasteiger partial charge in [0.15, 0.2) is 6.10 Å². The highest BCUT2D eigenvalue weighted by molar-refractivity contribution is 7.92. The van der Waals surface area contributed by atoms with E-state index in [4.69, 9.17) is 4.74 Å². The van der Waals surface area contributed by atoms with E-state index in [0.29, 0.717) is 43.4 Å². The Morgan fingerprint density at radius 2 is 1.80 bits per heavy atom. The van der Waals surface area contributed by atoms with Gasteiger partial charge in [0, 0.05) is 5.92 Å². The largest absolute Gasteiger partial charge is 0.462 e. The van der Waals surface area contributed by atoms with Crippen LogP contribution in [0.1, 0.15) is 26.2 Å². The fourth-order valence-corrected chi connectivity index (χ4v) is 4.36. The van der Waals surface area contributed by atoms with Crippen LogP contribution < -0.4 is 14.8 Å². The zero-order chi connectivity index (χ0) is 21.1. The number of nitrogens with one attached hydrogen (secondary N) is 2. The Kier molecular flexibility index (Phi) is 8.12. The van der Waals surface area contributed by atoms with Gasteiger partial charge in [-0.15, -0.1) is 12.4 Å². The molecular weight excluding hydrogens is 445 g/mol. The first-order chi connectivity index (χ1) is 13.7. The van der Waals surface area contributed by atoms with Gasteiger partial charge < -0.3 is 10.1 Å². The maximum Gasteiger partial charge on any atom is 0.425 e. The van der Waals surface area contributed by atoms with Gasteiger partial charge in [0.05, 0.1) is 16.8 Å². The predicted octanol–water partition coefficient (Wildman–Crippen LogP) is 3.51. The van der Waals surface area contributed by atoms with Crippen molar-refractivity contribution in [1.29, 1.82) is 0 Å². The number of piperidine rings is 1. The van der Waals surface area contributed by atoms with Crippen LogP contribution in [0, 0.1) is 5.92 Å². The van der Waals surface area contributed by atoms with Gasteiger partial charge in [-0.2, -0.15) is 13.2 Å². The van der Waals surface area contributed by atoms with E-state index in [1.807, 2.05) is 0 Å². The summed E-state index contributed by atoms with van der Waals surface area (Å²) in [7, 11) is -3.80. The molecule has 0 saturated carbocycles. The van der Waals surface area contributed by atoms with Crippen molar-refractivity contribution in [1.82, 2.24) is 15.3 Å². The first-order valence-electron chi connectivity index (χ1n) is 9.41. The molecule has 0 spiro atoms. The third kappa shape index (κ3) is 6.08. The smallest absolute Gasteiger partial charge is 0.425 e. The van der Waals surface area contributed by atoms with Crippen molar-refractivity contribution in [3.05, 3.63) is 24.3 Å². The topological polar surface area (TPSA) is 93.2 Å². The number of fused-ring (bicyclic) bond motifs is 1. The number of rotatable bonds is 7. The highest BCUT2D eigenvalue weighted by Crippen LogP contribution is 2.36. The highest BCUT2D eigenvalue weighted by atomic mass is 35.5. The zero-order valence-electron chi connectivity index (χ0n) is 16.3. The summed E-state index contributed by atoms with van der Waals surface area (Å²) in [6, 6.07) is 6.51. The number of halogens is 4. The fraction of sp³-hybridized carbons (Fsp3) is 0.556. The van der Waals surface area contributed by atoms with E-state index in [-0.39, 0.29) is 24.0 Å². The van der Waals surface area contributed by atoms with Crippen molar-refractivity contribution in [3.63, 3.8) is 0 Å². The minimum absolute atomic E-state index is 0. The van der Waals surface area contributed by atoms with Gasteiger partial charge >= 0.3 is 6.18 Å². The van der Waals surface area contributed by atoms with Gasteiger partial charge in [-0.3, -0.25) is 4.72 Å². The Hall–Kier alpha value is -1.85. The predicted molar refractivity (Wildman–Crippen MR) is 111 cm³/mol. The first kappa shape index (κ1) is 24.4. The lowest BCUT2D eigenvalue weighted by Crippen LogP contribution is -2.45. The summed E-state index contributed by atoms with van der Waals surface area (Å²) in [4.78, 5) is 8.31. The van der Waals surface area contributed by atoms with E-state index in [1.165, 1.54) is 0 Å². The number of hydrogen-bond acceptors (Lipinski definition) is 6. The number of para-hydroxylation sites is 2. The number of nitrogens with zero attached hydrogens (tertiary/aromatic N) is 2. The van der Waals surface area contributed by atoms with E-state index in [1.54, 1.807) is 31.2 Å². The van der Waals surface area contributed by atoms with Crippen LogP contribution in [-0.2, 0) is 10.0 Å². The van der Waals surface area contributed by atoms with Gasteiger partial charge in [-0.05, 0) is 44.5 Å². The molecule has 12 heteroatoms. The third-order valence-corrected chi connectivity index (χ3v) is 6.09. The summed E-state index contributed by atoms with van der Waals surface area (Å²) >= 11 is 0. The van der Waals surface area contributed by atoms with Gasteiger partial charge in [0.2, 0.25) is 15.8 Å². The lowest BCUT2D eigenvalue weighted by molar-refractivity contribution is -0.212. The van der Waals surface area contributed by atoms with Crippen molar-refractivity contribution in [3.8, 4) is 5.88 Å². The number of anilines is 1. The number of alkyl halides is 3. The minimum Gasteiger partial charge on any atom is -0.462 e. The van der Waals surface area contributed by atoms with Crippen LogP contribution in [0.4, 0.5) is 19.0 Å². The second kappa shape index (κ2) is 9.97. The average Bonchev–Trinajstić information content (AvgIpc) is 2.65. The van der Waals surface area contributed by atoms with Crippen LogP contribution in [0.15, 0.2) is 24.3 Å². The average molecular weight is 469 g/mol.